The van der Waals surface area contributed by atoms with Crippen molar-refractivity contribution in [3.8, 4) is 5.75 Å². The van der Waals surface area contributed by atoms with Crippen LogP contribution < -0.4 is 4.74 Å². The van der Waals surface area contributed by atoms with Gasteiger partial charge in [-0.25, -0.2) is 13.6 Å². The maximum absolute atomic E-state index is 14.6. The number of carbonyl (C=O) groups excluding carboxylic acids is 2. The van der Waals surface area contributed by atoms with E-state index in [4.69, 9.17) is 4.74 Å². The van der Waals surface area contributed by atoms with Crippen molar-refractivity contribution in [1.82, 2.24) is 0 Å². The molecule has 0 fully saturated rings. The van der Waals surface area contributed by atoms with E-state index >= 15 is 0 Å². The van der Waals surface area contributed by atoms with Crippen LogP contribution in [0.25, 0.3) is 5.57 Å². The Hall–Kier alpha value is -3.09. The van der Waals surface area contributed by atoms with Gasteiger partial charge in [0, 0.05) is 5.57 Å². The Balaban J connectivity index is 3.40. The molecule has 0 saturated heterocycles. The van der Waals surface area contributed by atoms with Gasteiger partial charge in [-0.1, -0.05) is 26.1 Å². The van der Waals surface area contributed by atoms with Crippen LogP contribution in [0.4, 0.5) is 13.2 Å². The van der Waals surface area contributed by atoms with E-state index in [0.29, 0.717) is 0 Å². The van der Waals surface area contributed by atoms with Crippen molar-refractivity contribution in [3.63, 3.8) is 0 Å². The number of hydrogen-bond donors (Lipinski definition) is 0. The van der Waals surface area contributed by atoms with E-state index in [2.05, 4.69) is 17.9 Å². The molecule has 0 radical (unpaired) electrons. The lowest BCUT2D eigenvalue weighted by Gasteiger charge is -2.11. The van der Waals surface area contributed by atoms with Gasteiger partial charge in [0.1, 0.15) is 0 Å². The van der Waals surface area contributed by atoms with Gasteiger partial charge in [0.2, 0.25) is 5.83 Å². The number of esters is 1. The minimum Gasteiger partial charge on any atom is -0.426 e. The fourth-order valence-corrected chi connectivity index (χ4v) is 1.93. The van der Waals surface area contributed by atoms with Gasteiger partial charge in [0.05, 0.1) is 0 Å². The van der Waals surface area contributed by atoms with Crippen molar-refractivity contribution >= 4 is 18.0 Å². The van der Waals surface area contributed by atoms with E-state index in [-0.39, 0.29) is 35.4 Å². The molecule has 0 N–H and O–H groups in total. The molecule has 26 heavy (non-hydrogen) atoms. The summed E-state index contributed by atoms with van der Waals surface area (Å²) in [5.74, 6) is -5.72. The second-order valence-electron chi connectivity index (χ2n) is 5.06. The Bertz CT molecular complexity index is 807. The van der Waals surface area contributed by atoms with Crippen LogP contribution >= 0.6 is 0 Å². The normalized spacial score (nSPS) is 12.5. The Labute approximate surface area is 148 Å². The number of halogens is 3. The highest BCUT2D eigenvalue weighted by Crippen LogP contribution is 2.32. The molecular formula is C19H17F3O4. The first-order chi connectivity index (χ1) is 12.3. The van der Waals surface area contributed by atoms with Crippen molar-refractivity contribution in [1.29, 1.82) is 0 Å². The van der Waals surface area contributed by atoms with Gasteiger partial charge in [0.15, 0.2) is 23.2 Å². The summed E-state index contributed by atoms with van der Waals surface area (Å²) in [7, 11) is 0. The zero-order valence-corrected chi connectivity index (χ0v) is 14.3. The lowest BCUT2D eigenvalue weighted by molar-refractivity contribution is -0.134. The van der Waals surface area contributed by atoms with E-state index in [1.807, 2.05) is 0 Å². The summed E-state index contributed by atoms with van der Waals surface area (Å²) in [4.78, 5) is 21.8. The van der Waals surface area contributed by atoms with Crippen molar-refractivity contribution < 1.29 is 32.2 Å². The van der Waals surface area contributed by atoms with Crippen molar-refractivity contribution in [2.24, 2.45) is 0 Å². The smallest absolute Gasteiger partial charge is 0.338 e. The number of hydrogen-bond acceptors (Lipinski definition) is 4. The first-order valence-corrected chi connectivity index (χ1v) is 7.45. The molecule has 0 aliphatic heterocycles. The Kier molecular flexibility index (Phi) is 7.58. The standard InChI is InChI=1S/C19H17F3O4/c1-5-13(12-7-8-16(25-10-23)14(20)9-12)17(21)18(22)15(6-2)26-19(24)11(3)4/h6-10H,2-3,5H2,1,4H3/b17-13-,18-15-. The summed E-state index contributed by atoms with van der Waals surface area (Å²) in [6.07, 6.45) is 0.843. The van der Waals surface area contributed by atoms with Gasteiger partial charge in [-0.15, -0.1) is 0 Å². The molecule has 0 aliphatic carbocycles. The summed E-state index contributed by atoms with van der Waals surface area (Å²) in [5, 5.41) is 0. The molecule has 1 rings (SSSR count). The zero-order chi connectivity index (χ0) is 19.9. The summed E-state index contributed by atoms with van der Waals surface area (Å²) in [6.45, 7) is 9.54. The maximum Gasteiger partial charge on any atom is 0.338 e. The van der Waals surface area contributed by atoms with Crippen LogP contribution in [0.15, 0.2) is 60.4 Å². The molecule has 0 aromatic heterocycles. The number of benzene rings is 1. The van der Waals surface area contributed by atoms with Crippen molar-refractivity contribution in [2.45, 2.75) is 20.3 Å². The van der Waals surface area contributed by atoms with Crippen LogP contribution in [0.5, 0.6) is 5.75 Å². The summed E-state index contributed by atoms with van der Waals surface area (Å²) in [6, 6.07) is 3.28. The fourth-order valence-electron chi connectivity index (χ4n) is 1.93. The monoisotopic (exact) mass is 366 g/mol. The maximum atomic E-state index is 14.6. The lowest BCUT2D eigenvalue weighted by atomic mass is 10.0. The van der Waals surface area contributed by atoms with Crippen molar-refractivity contribution in [3.05, 3.63) is 71.8 Å². The predicted octanol–water partition coefficient (Wildman–Crippen LogP) is 4.94. The van der Waals surface area contributed by atoms with Crippen LogP contribution in [0.1, 0.15) is 25.8 Å². The van der Waals surface area contributed by atoms with E-state index in [9.17, 15) is 22.8 Å². The van der Waals surface area contributed by atoms with Gasteiger partial charge in [0.25, 0.3) is 6.47 Å². The Morgan fingerprint density at radius 2 is 1.92 bits per heavy atom. The molecule has 0 aliphatic rings. The van der Waals surface area contributed by atoms with Gasteiger partial charge < -0.3 is 9.47 Å². The molecule has 1 aromatic rings. The van der Waals surface area contributed by atoms with E-state index < -0.39 is 29.2 Å². The molecule has 0 amide bonds. The van der Waals surface area contributed by atoms with Crippen LogP contribution in [0.3, 0.4) is 0 Å². The summed E-state index contributed by atoms with van der Waals surface area (Å²) in [5.41, 5.74) is -0.152. The second kappa shape index (κ2) is 9.41. The minimum absolute atomic E-state index is 0.00539. The number of allylic oxidation sites excluding steroid dienone is 4. The van der Waals surface area contributed by atoms with E-state index in [1.54, 1.807) is 0 Å². The Morgan fingerprint density at radius 3 is 2.38 bits per heavy atom. The highest BCUT2D eigenvalue weighted by Gasteiger charge is 2.20. The molecule has 0 unspecified atom stereocenters. The molecule has 0 saturated carbocycles. The third-order valence-corrected chi connectivity index (χ3v) is 3.22. The number of carbonyl (C=O) groups is 2. The van der Waals surface area contributed by atoms with E-state index in [1.165, 1.54) is 19.9 Å². The molecule has 4 nitrogen and oxygen atoms in total. The predicted molar refractivity (Wildman–Crippen MR) is 90.6 cm³/mol. The quantitative estimate of drug-likeness (QED) is 0.215. The van der Waals surface area contributed by atoms with Gasteiger partial charge in [-0.05, 0) is 42.7 Å². The van der Waals surface area contributed by atoms with E-state index in [0.717, 1.165) is 18.2 Å². The van der Waals surface area contributed by atoms with Gasteiger partial charge in [-0.3, -0.25) is 4.79 Å². The van der Waals surface area contributed by atoms with Crippen LogP contribution in [0.2, 0.25) is 0 Å². The summed E-state index contributed by atoms with van der Waals surface area (Å²) >= 11 is 0. The SMILES string of the molecule is C=C/C(OC(=O)C(=C)C)=C(F)\C(F)=C(/CC)c1ccc(OC=O)c(F)c1. The zero-order valence-electron chi connectivity index (χ0n) is 14.3. The topological polar surface area (TPSA) is 52.6 Å². The number of rotatable bonds is 8. The number of ether oxygens (including phenoxy) is 2. The highest BCUT2D eigenvalue weighted by molar-refractivity contribution is 5.88. The average molecular weight is 366 g/mol. The second-order valence-corrected chi connectivity index (χ2v) is 5.06. The highest BCUT2D eigenvalue weighted by atomic mass is 19.2. The van der Waals surface area contributed by atoms with Crippen LogP contribution in [0, 0.1) is 5.82 Å². The Morgan fingerprint density at radius 1 is 1.27 bits per heavy atom. The first kappa shape index (κ1) is 21.0. The van der Waals surface area contributed by atoms with Crippen LogP contribution in [-0.2, 0) is 14.3 Å². The molecular weight excluding hydrogens is 349 g/mol. The third-order valence-electron chi connectivity index (χ3n) is 3.22. The third kappa shape index (κ3) is 4.95. The molecule has 0 bridgehead atoms. The fraction of sp³-hybridized carbons (Fsp3) is 0.158. The molecule has 1 aromatic carbocycles. The molecule has 0 atom stereocenters. The van der Waals surface area contributed by atoms with Gasteiger partial charge in [-0.2, -0.15) is 4.39 Å². The van der Waals surface area contributed by atoms with Crippen molar-refractivity contribution in [2.75, 3.05) is 0 Å². The molecule has 7 heteroatoms. The first-order valence-electron chi connectivity index (χ1n) is 7.45. The van der Waals surface area contributed by atoms with Gasteiger partial charge >= 0.3 is 5.97 Å². The molecule has 0 heterocycles. The minimum atomic E-state index is -1.46. The molecule has 138 valence electrons. The summed E-state index contributed by atoms with van der Waals surface area (Å²) < 4.78 is 52.0. The largest absolute Gasteiger partial charge is 0.426 e. The average Bonchev–Trinajstić information content (AvgIpc) is 2.61. The lowest BCUT2D eigenvalue weighted by Crippen LogP contribution is -2.05. The van der Waals surface area contributed by atoms with Crippen LogP contribution in [-0.4, -0.2) is 12.4 Å². The molecule has 0 spiro atoms.